The fourth-order valence-electron chi connectivity index (χ4n) is 1.60. The quantitative estimate of drug-likeness (QED) is 0.785. The number of methoxy groups -OCH3 is 2. The third-order valence-corrected chi connectivity index (χ3v) is 2.55. The van der Waals surface area contributed by atoms with E-state index in [1.807, 2.05) is 0 Å². The zero-order valence-electron chi connectivity index (χ0n) is 8.93. The molecule has 1 aliphatic rings. The molecule has 0 unspecified atom stereocenters. The second-order valence-corrected chi connectivity index (χ2v) is 3.56. The first kappa shape index (κ1) is 10.0. The van der Waals surface area contributed by atoms with Crippen LogP contribution in [-0.4, -0.2) is 38.4 Å². The summed E-state index contributed by atoms with van der Waals surface area (Å²) in [6.07, 6.45) is 1.94. The summed E-state index contributed by atoms with van der Waals surface area (Å²) in [5, 5.41) is 0. The second-order valence-electron chi connectivity index (χ2n) is 3.56. The van der Waals surface area contributed by atoms with Crippen molar-refractivity contribution in [3.05, 3.63) is 12.3 Å². The second kappa shape index (κ2) is 3.94. The van der Waals surface area contributed by atoms with E-state index >= 15 is 0 Å². The van der Waals surface area contributed by atoms with Gasteiger partial charge in [0.25, 0.3) is 0 Å². The molecule has 2 rings (SSSR count). The number of anilines is 2. The Morgan fingerprint density at radius 1 is 1.47 bits per heavy atom. The summed E-state index contributed by atoms with van der Waals surface area (Å²) in [5.41, 5.74) is 6.24. The van der Waals surface area contributed by atoms with Gasteiger partial charge in [-0.2, -0.15) is 0 Å². The van der Waals surface area contributed by atoms with E-state index in [1.165, 1.54) is 0 Å². The van der Waals surface area contributed by atoms with Gasteiger partial charge in [0.05, 0.1) is 25.1 Å². The van der Waals surface area contributed by atoms with E-state index in [-0.39, 0.29) is 0 Å². The zero-order chi connectivity index (χ0) is 10.8. The minimum absolute atomic E-state index is 0.300. The molecule has 0 bridgehead atoms. The average molecular weight is 209 g/mol. The van der Waals surface area contributed by atoms with Crippen LogP contribution < -0.4 is 15.4 Å². The Hall–Kier alpha value is -1.49. The summed E-state index contributed by atoms with van der Waals surface area (Å²) in [6.45, 7) is 1.70. The van der Waals surface area contributed by atoms with Crippen LogP contribution in [0, 0.1) is 0 Å². The Bertz CT molecular complexity index is 351. The molecule has 0 aromatic carbocycles. The third kappa shape index (κ3) is 1.83. The molecule has 0 amide bonds. The molecular weight excluding hydrogens is 194 g/mol. The van der Waals surface area contributed by atoms with Gasteiger partial charge in [-0.15, -0.1) is 0 Å². The van der Waals surface area contributed by atoms with Gasteiger partial charge < -0.3 is 20.1 Å². The Morgan fingerprint density at radius 2 is 2.20 bits per heavy atom. The summed E-state index contributed by atoms with van der Waals surface area (Å²) in [7, 11) is 3.34. The molecule has 2 N–H and O–H groups in total. The first-order valence-corrected chi connectivity index (χ1v) is 4.82. The minimum Gasteiger partial charge on any atom is -0.493 e. The van der Waals surface area contributed by atoms with Gasteiger partial charge in [-0.25, -0.2) is 4.98 Å². The topological polar surface area (TPSA) is 60.6 Å². The summed E-state index contributed by atoms with van der Waals surface area (Å²) >= 11 is 0. The lowest BCUT2D eigenvalue weighted by Crippen LogP contribution is -2.52. The van der Waals surface area contributed by atoms with Crippen molar-refractivity contribution in [3.8, 4) is 5.75 Å². The van der Waals surface area contributed by atoms with Crippen LogP contribution in [0.4, 0.5) is 11.5 Å². The van der Waals surface area contributed by atoms with Crippen molar-refractivity contribution in [3.63, 3.8) is 0 Å². The van der Waals surface area contributed by atoms with E-state index in [1.54, 1.807) is 26.5 Å². The normalized spacial score (nSPS) is 16.3. The van der Waals surface area contributed by atoms with E-state index in [2.05, 4.69) is 9.88 Å². The molecule has 15 heavy (non-hydrogen) atoms. The molecule has 0 spiro atoms. The van der Waals surface area contributed by atoms with E-state index in [0.717, 1.165) is 18.9 Å². The van der Waals surface area contributed by atoms with Crippen molar-refractivity contribution in [1.29, 1.82) is 0 Å². The fraction of sp³-hybridized carbons (Fsp3) is 0.500. The van der Waals surface area contributed by atoms with Crippen molar-refractivity contribution < 1.29 is 9.47 Å². The van der Waals surface area contributed by atoms with Crippen LogP contribution in [0.1, 0.15) is 0 Å². The summed E-state index contributed by atoms with van der Waals surface area (Å²) in [4.78, 5) is 6.36. The van der Waals surface area contributed by atoms with Crippen molar-refractivity contribution in [2.24, 2.45) is 0 Å². The van der Waals surface area contributed by atoms with Gasteiger partial charge in [-0.1, -0.05) is 0 Å². The molecular formula is C10H15N3O2. The van der Waals surface area contributed by atoms with E-state index in [0.29, 0.717) is 17.5 Å². The van der Waals surface area contributed by atoms with Gasteiger partial charge in [0.1, 0.15) is 0 Å². The van der Waals surface area contributed by atoms with Crippen LogP contribution in [-0.2, 0) is 4.74 Å². The number of hydrogen-bond acceptors (Lipinski definition) is 5. The van der Waals surface area contributed by atoms with E-state index in [9.17, 15) is 0 Å². The first-order chi connectivity index (χ1) is 7.24. The lowest BCUT2D eigenvalue weighted by molar-refractivity contribution is 0.0780. The number of hydrogen-bond donors (Lipinski definition) is 1. The zero-order valence-corrected chi connectivity index (χ0v) is 8.93. The number of nitrogens with zero attached hydrogens (tertiary/aromatic N) is 2. The minimum atomic E-state index is 0.300. The first-order valence-electron chi connectivity index (χ1n) is 4.82. The molecule has 1 saturated heterocycles. The van der Waals surface area contributed by atoms with Gasteiger partial charge in [-0.05, 0) is 0 Å². The van der Waals surface area contributed by atoms with Gasteiger partial charge in [0, 0.05) is 26.3 Å². The Labute approximate surface area is 88.8 Å². The molecule has 1 aliphatic heterocycles. The predicted molar refractivity (Wildman–Crippen MR) is 58.2 cm³/mol. The highest BCUT2D eigenvalue weighted by atomic mass is 16.5. The number of rotatable bonds is 3. The molecule has 82 valence electrons. The number of pyridine rings is 1. The third-order valence-electron chi connectivity index (χ3n) is 2.55. The fourth-order valence-corrected chi connectivity index (χ4v) is 1.60. The largest absolute Gasteiger partial charge is 0.493 e. The Morgan fingerprint density at radius 3 is 2.80 bits per heavy atom. The van der Waals surface area contributed by atoms with Gasteiger partial charge in [0.2, 0.25) is 0 Å². The smallest absolute Gasteiger partial charge is 0.171 e. The van der Waals surface area contributed by atoms with Crippen LogP contribution in [0.15, 0.2) is 12.3 Å². The molecule has 2 heterocycles. The lowest BCUT2D eigenvalue weighted by Gasteiger charge is -2.39. The summed E-state index contributed by atoms with van der Waals surface area (Å²) in [5.74, 6) is 1.55. The molecule has 0 aliphatic carbocycles. The maximum Gasteiger partial charge on any atom is 0.171 e. The monoisotopic (exact) mass is 209 g/mol. The summed E-state index contributed by atoms with van der Waals surface area (Å²) in [6, 6.07) is 1.78. The molecule has 0 saturated carbocycles. The highest BCUT2D eigenvalue weighted by Gasteiger charge is 2.29. The van der Waals surface area contributed by atoms with Gasteiger partial charge in [-0.3, -0.25) is 0 Å². The van der Waals surface area contributed by atoms with Crippen LogP contribution in [0.3, 0.4) is 0 Å². The molecule has 1 fully saturated rings. The molecule has 1 aromatic heterocycles. The lowest BCUT2D eigenvalue weighted by atomic mass is 10.1. The Balaban J connectivity index is 2.15. The molecule has 5 heteroatoms. The predicted octanol–water partition coefficient (Wildman–Crippen LogP) is 0.507. The van der Waals surface area contributed by atoms with E-state index < -0.39 is 0 Å². The number of nitrogen functional groups attached to an aromatic ring is 1. The maximum atomic E-state index is 5.63. The van der Waals surface area contributed by atoms with Crippen molar-refractivity contribution >= 4 is 11.5 Å². The van der Waals surface area contributed by atoms with Crippen LogP contribution in [0.2, 0.25) is 0 Å². The van der Waals surface area contributed by atoms with Crippen LogP contribution in [0.5, 0.6) is 5.75 Å². The highest BCUT2D eigenvalue weighted by molar-refractivity contribution is 5.59. The number of aromatic nitrogens is 1. The van der Waals surface area contributed by atoms with Crippen molar-refractivity contribution in [1.82, 2.24) is 4.98 Å². The number of ether oxygens (including phenoxy) is 2. The molecule has 5 nitrogen and oxygen atoms in total. The average Bonchev–Trinajstić information content (AvgIpc) is 2.18. The van der Waals surface area contributed by atoms with Gasteiger partial charge in [0.15, 0.2) is 11.6 Å². The Kier molecular flexibility index (Phi) is 2.64. The molecule has 0 radical (unpaired) electrons. The van der Waals surface area contributed by atoms with Crippen molar-refractivity contribution in [2.75, 3.05) is 37.9 Å². The van der Waals surface area contributed by atoms with Crippen molar-refractivity contribution in [2.45, 2.75) is 6.10 Å². The SMILES string of the molecule is COc1cc(N)cnc1N1CC(OC)C1. The highest BCUT2D eigenvalue weighted by Crippen LogP contribution is 2.30. The summed E-state index contributed by atoms with van der Waals surface area (Å²) < 4.78 is 10.4. The number of nitrogens with two attached hydrogens (primary N) is 1. The standard InChI is InChI=1S/C10H15N3O2/c1-14-8-5-13(6-8)10-9(15-2)3-7(11)4-12-10/h3-4,8H,5-6,11H2,1-2H3. The van der Waals surface area contributed by atoms with Crippen LogP contribution >= 0.6 is 0 Å². The van der Waals surface area contributed by atoms with Crippen LogP contribution in [0.25, 0.3) is 0 Å². The molecule has 0 atom stereocenters. The van der Waals surface area contributed by atoms with Gasteiger partial charge >= 0.3 is 0 Å². The maximum absolute atomic E-state index is 5.63. The van der Waals surface area contributed by atoms with E-state index in [4.69, 9.17) is 15.2 Å². The molecule has 1 aromatic rings.